The van der Waals surface area contributed by atoms with Crippen molar-refractivity contribution in [3.63, 3.8) is 0 Å². The fourth-order valence-electron chi connectivity index (χ4n) is 2.01. The van der Waals surface area contributed by atoms with E-state index in [1.54, 1.807) is 37.5 Å². The number of carbonyl (C=O) groups excluding carboxylic acids is 2. The third-order valence-electron chi connectivity index (χ3n) is 3.33. The lowest BCUT2D eigenvalue weighted by atomic mass is 10.1. The van der Waals surface area contributed by atoms with Crippen LogP contribution in [0.25, 0.3) is 0 Å². The molecule has 2 heterocycles. The van der Waals surface area contributed by atoms with Gasteiger partial charge in [-0.3, -0.25) is 14.8 Å². The minimum absolute atomic E-state index is 0.289. The maximum Gasteiger partial charge on any atom is 0.339 e. The monoisotopic (exact) mass is 313 g/mol. The molecule has 1 atom stereocenters. The van der Waals surface area contributed by atoms with E-state index in [-0.39, 0.29) is 12.5 Å². The zero-order chi connectivity index (χ0) is 16.7. The molecular weight excluding hydrogens is 294 g/mol. The molecule has 0 aromatic carbocycles. The highest BCUT2D eigenvalue weighted by atomic mass is 16.5. The number of aromatic nitrogens is 2. The topological polar surface area (TPSA) is 81.2 Å². The second-order valence-corrected chi connectivity index (χ2v) is 4.97. The molecule has 0 spiro atoms. The summed E-state index contributed by atoms with van der Waals surface area (Å²) in [6.07, 6.45) is 4.59. The predicted octanol–water partition coefficient (Wildman–Crippen LogP) is 1.90. The van der Waals surface area contributed by atoms with E-state index in [0.717, 1.165) is 11.3 Å². The first kappa shape index (κ1) is 16.6. The van der Waals surface area contributed by atoms with Gasteiger partial charge in [0.05, 0.1) is 17.8 Å². The van der Waals surface area contributed by atoms with Crippen LogP contribution in [0, 0.1) is 0 Å². The van der Waals surface area contributed by atoms with Crippen LogP contribution in [0.3, 0.4) is 0 Å². The van der Waals surface area contributed by atoms with Gasteiger partial charge in [-0.05, 0) is 37.1 Å². The molecule has 0 aliphatic rings. The van der Waals surface area contributed by atoms with E-state index in [0.29, 0.717) is 12.0 Å². The summed E-state index contributed by atoms with van der Waals surface area (Å²) in [5.74, 6) is -0.888. The number of aryl methyl sites for hydroxylation is 1. The van der Waals surface area contributed by atoms with Crippen molar-refractivity contribution in [3.05, 3.63) is 59.7 Å². The number of rotatable bonds is 6. The Labute approximate surface area is 134 Å². The SMILES string of the molecule is CCc1cnccc1C(=O)OC(C)C(=O)NCc1ccccn1. The molecule has 0 aliphatic carbocycles. The number of esters is 1. The summed E-state index contributed by atoms with van der Waals surface area (Å²) >= 11 is 0. The second-order valence-electron chi connectivity index (χ2n) is 4.97. The van der Waals surface area contributed by atoms with Crippen molar-refractivity contribution in [2.75, 3.05) is 0 Å². The maximum absolute atomic E-state index is 12.2. The minimum atomic E-state index is -0.885. The van der Waals surface area contributed by atoms with E-state index in [1.807, 2.05) is 13.0 Å². The van der Waals surface area contributed by atoms with Gasteiger partial charge in [-0.25, -0.2) is 4.79 Å². The zero-order valence-corrected chi connectivity index (χ0v) is 13.2. The molecule has 0 aliphatic heterocycles. The van der Waals surface area contributed by atoms with Crippen LogP contribution in [-0.2, 0) is 22.5 Å². The first-order valence-electron chi connectivity index (χ1n) is 7.43. The van der Waals surface area contributed by atoms with Gasteiger partial charge < -0.3 is 10.1 Å². The van der Waals surface area contributed by atoms with Crippen molar-refractivity contribution in [2.24, 2.45) is 0 Å². The van der Waals surface area contributed by atoms with E-state index < -0.39 is 12.1 Å². The molecule has 0 bridgehead atoms. The zero-order valence-electron chi connectivity index (χ0n) is 13.2. The predicted molar refractivity (Wildman–Crippen MR) is 84.6 cm³/mol. The van der Waals surface area contributed by atoms with Gasteiger partial charge in [0.2, 0.25) is 0 Å². The van der Waals surface area contributed by atoms with Gasteiger partial charge in [-0.2, -0.15) is 0 Å². The highest BCUT2D eigenvalue weighted by molar-refractivity contribution is 5.93. The molecule has 0 radical (unpaired) electrons. The van der Waals surface area contributed by atoms with Crippen LogP contribution in [0.5, 0.6) is 0 Å². The van der Waals surface area contributed by atoms with Gasteiger partial charge in [-0.1, -0.05) is 13.0 Å². The van der Waals surface area contributed by atoms with Crippen LogP contribution in [0.15, 0.2) is 42.9 Å². The highest BCUT2D eigenvalue weighted by Crippen LogP contribution is 2.10. The molecule has 1 unspecified atom stereocenters. The lowest BCUT2D eigenvalue weighted by Crippen LogP contribution is -2.35. The quantitative estimate of drug-likeness (QED) is 0.824. The Bertz CT molecular complexity index is 674. The molecule has 0 fully saturated rings. The molecule has 23 heavy (non-hydrogen) atoms. The second kappa shape index (κ2) is 8.03. The summed E-state index contributed by atoms with van der Waals surface area (Å²) in [5, 5.41) is 2.69. The van der Waals surface area contributed by atoms with Crippen molar-refractivity contribution < 1.29 is 14.3 Å². The largest absolute Gasteiger partial charge is 0.449 e. The molecule has 1 N–H and O–H groups in total. The van der Waals surface area contributed by atoms with Gasteiger partial charge in [0.25, 0.3) is 5.91 Å². The number of amides is 1. The first-order chi connectivity index (χ1) is 11.1. The number of nitrogens with zero attached hydrogens (tertiary/aromatic N) is 2. The summed E-state index contributed by atoms with van der Waals surface area (Å²) in [6, 6.07) is 7.05. The van der Waals surface area contributed by atoms with Crippen LogP contribution < -0.4 is 5.32 Å². The fourth-order valence-corrected chi connectivity index (χ4v) is 2.01. The minimum Gasteiger partial charge on any atom is -0.449 e. The van der Waals surface area contributed by atoms with E-state index in [2.05, 4.69) is 15.3 Å². The van der Waals surface area contributed by atoms with Crippen molar-refractivity contribution in [3.8, 4) is 0 Å². The average molecular weight is 313 g/mol. The number of hydrogen-bond acceptors (Lipinski definition) is 5. The van der Waals surface area contributed by atoms with Crippen LogP contribution in [-0.4, -0.2) is 27.9 Å². The highest BCUT2D eigenvalue weighted by Gasteiger charge is 2.20. The van der Waals surface area contributed by atoms with Crippen LogP contribution >= 0.6 is 0 Å². The van der Waals surface area contributed by atoms with Crippen molar-refractivity contribution in [1.82, 2.24) is 15.3 Å². The Morgan fingerprint density at radius 2 is 2.09 bits per heavy atom. The summed E-state index contributed by atoms with van der Waals surface area (Å²) in [5.41, 5.74) is 1.97. The molecule has 0 saturated carbocycles. The third-order valence-corrected chi connectivity index (χ3v) is 3.33. The standard InChI is InChI=1S/C17H19N3O3/c1-3-13-10-18-9-7-15(13)17(22)23-12(2)16(21)20-11-14-6-4-5-8-19-14/h4-10,12H,3,11H2,1-2H3,(H,20,21). The summed E-state index contributed by atoms with van der Waals surface area (Å²) in [7, 11) is 0. The van der Waals surface area contributed by atoms with Gasteiger partial charge >= 0.3 is 5.97 Å². The molecule has 6 nitrogen and oxygen atoms in total. The number of carbonyl (C=O) groups is 2. The maximum atomic E-state index is 12.2. The number of hydrogen-bond donors (Lipinski definition) is 1. The van der Waals surface area contributed by atoms with Crippen LogP contribution in [0.1, 0.15) is 35.5 Å². The lowest BCUT2D eigenvalue weighted by molar-refractivity contribution is -0.129. The van der Waals surface area contributed by atoms with Gasteiger partial charge in [0.15, 0.2) is 6.10 Å². The molecule has 120 valence electrons. The van der Waals surface area contributed by atoms with Crippen molar-refractivity contribution in [2.45, 2.75) is 32.9 Å². The van der Waals surface area contributed by atoms with E-state index >= 15 is 0 Å². The van der Waals surface area contributed by atoms with Gasteiger partial charge in [0.1, 0.15) is 0 Å². The normalized spacial score (nSPS) is 11.6. The Kier molecular flexibility index (Phi) is 5.80. The summed E-state index contributed by atoms with van der Waals surface area (Å²) in [4.78, 5) is 32.3. The van der Waals surface area contributed by atoms with Crippen LogP contribution in [0.2, 0.25) is 0 Å². The van der Waals surface area contributed by atoms with E-state index in [1.165, 1.54) is 6.20 Å². The van der Waals surface area contributed by atoms with Crippen LogP contribution in [0.4, 0.5) is 0 Å². The lowest BCUT2D eigenvalue weighted by Gasteiger charge is -2.14. The molecule has 2 aromatic rings. The van der Waals surface area contributed by atoms with Gasteiger partial charge in [0, 0.05) is 18.6 Å². The number of ether oxygens (including phenoxy) is 1. The Balaban J connectivity index is 1.91. The van der Waals surface area contributed by atoms with Crippen molar-refractivity contribution >= 4 is 11.9 Å². The first-order valence-corrected chi connectivity index (χ1v) is 7.43. The summed E-state index contributed by atoms with van der Waals surface area (Å²) < 4.78 is 5.23. The molecule has 2 aromatic heterocycles. The van der Waals surface area contributed by atoms with Crippen molar-refractivity contribution in [1.29, 1.82) is 0 Å². The number of pyridine rings is 2. The van der Waals surface area contributed by atoms with E-state index in [4.69, 9.17) is 4.74 Å². The molecule has 2 rings (SSSR count). The fraction of sp³-hybridized carbons (Fsp3) is 0.294. The third kappa shape index (κ3) is 4.60. The smallest absolute Gasteiger partial charge is 0.339 e. The Hall–Kier alpha value is -2.76. The average Bonchev–Trinajstić information content (AvgIpc) is 2.60. The summed E-state index contributed by atoms with van der Waals surface area (Å²) in [6.45, 7) is 3.76. The van der Waals surface area contributed by atoms with Gasteiger partial charge in [-0.15, -0.1) is 0 Å². The Morgan fingerprint density at radius 3 is 2.78 bits per heavy atom. The molecular formula is C17H19N3O3. The number of nitrogens with one attached hydrogen (secondary N) is 1. The Morgan fingerprint density at radius 1 is 1.26 bits per heavy atom. The molecule has 0 saturated heterocycles. The van der Waals surface area contributed by atoms with E-state index in [9.17, 15) is 9.59 Å². The molecule has 1 amide bonds. The molecule has 6 heteroatoms.